The van der Waals surface area contributed by atoms with Gasteiger partial charge in [0.15, 0.2) is 0 Å². The highest BCUT2D eigenvalue weighted by molar-refractivity contribution is 6.46. The molecular formula is C27H36N2O4. The Balaban J connectivity index is 1.83. The van der Waals surface area contributed by atoms with Crippen LogP contribution in [-0.2, 0) is 9.59 Å². The molecule has 3 rings (SSSR count). The van der Waals surface area contributed by atoms with Gasteiger partial charge >= 0.3 is 0 Å². The number of aryl methyl sites for hydroxylation is 1. The zero-order valence-electron chi connectivity index (χ0n) is 20.0. The number of rotatable bonds is 12. The van der Waals surface area contributed by atoms with Crippen molar-refractivity contribution in [1.29, 1.82) is 0 Å². The normalized spacial score (nSPS) is 17.9. The van der Waals surface area contributed by atoms with E-state index >= 15 is 0 Å². The van der Waals surface area contributed by atoms with Gasteiger partial charge in [-0.25, -0.2) is 0 Å². The average Bonchev–Trinajstić information content (AvgIpc) is 3.43. The summed E-state index contributed by atoms with van der Waals surface area (Å²) in [6, 6.07) is 10.0. The number of amides is 1. The molecule has 1 aromatic carbocycles. The summed E-state index contributed by atoms with van der Waals surface area (Å²) in [7, 11) is 0. The minimum atomic E-state index is -0.721. The molecule has 1 atom stereocenters. The highest BCUT2D eigenvalue weighted by Gasteiger charge is 2.47. The fourth-order valence-corrected chi connectivity index (χ4v) is 4.28. The van der Waals surface area contributed by atoms with Crippen LogP contribution >= 0.6 is 0 Å². The fraction of sp³-hybridized carbons (Fsp3) is 0.481. The molecule has 33 heavy (non-hydrogen) atoms. The third-order valence-corrected chi connectivity index (χ3v) is 6.21. The SMILES string of the molecule is CCCCN(CCCC)CCCN1C(=O)C(=O)/C(=C(/O)c2ccc(C)cc2)C1c1ccco1. The zero-order valence-corrected chi connectivity index (χ0v) is 20.0. The van der Waals surface area contributed by atoms with Gasteiger partial charge in [-0.1, -0.05) is 56.5 Å². The maximum atomic E-state index is 13.0. The van der Waals surface area contributed by atoms with Gasteiger partial charge in [0.25, 0.3) is 11.7 Å². The number of unbranched alkanes of at least 4 members (excludes halogenated alkanes) is 2. The largest absolute Gasteiger partial charge is 0.507 e. The second-order valence-electron chi connectivity index (χ2n) is 8.78. The fourth-order valence-electron chi connectivity index (χ4n) is 4.28. The molecule has 1 saturated heterocycles. The molecule has 1 aromatic heterocycles. The molecule has 1 fully saturated rings. The predicted molar refractivity (Wildman–Crippen MR) is 130 cm³/mol. The van der Waals surface area contributed by atoms with Gasteiger partial charge in [0.1, 0.15) is 17.6 Å². The van der Waals surface area contributed by atoms with E-state index in [9.17, 15) is 14.7 Å². The van der Waals surface area contributed by atoms with E-state index in [1.807, 2.05) is 19.1 Å². The van der Waals surface area contributed by atoms with Gasteiger partial charge in [-0.3, -0.25) is 9.59 Å². The Hall–Kier alpha value is -2.86. The van der Waals surface area contributed by atoms with Gasteiger partial charge in [0, 0.05) is 12.1 Å². The molecule has 1 amide bonds. The number of furan rings is 1. The van der Waals surface area contributed by atoms with Crippen LogP contribution in [0, 0.1) is 6.92 Å². The summed E-state index contributed by atoms with van der Waals surface area (Å²) in [6.07, 6.45) is 6.87. The lowest BCUT2D eigenvalue weighted by molar-refractivity contribution is -0.140. The smallest absolute Gasteiger partial charge is 0.295 e. The number of likely N-dealkylation sites (tertiary alicyclic amines) is 1. The Bertz CT molecular complexity index is 939. The molecule has 178 valence electrons. The maximum absolute atomic E-state index is 13.0. The van der Waals surface area contributed by atoms with Crippen molar-refractivity contribution in [2.45, 2.75) is 58.9 Å². The number of Topliss-reactive ketones (excluding diaryl/α,β-unsaturated/α-hetero) is 1. The van der Waals surface area contributed by atoms with Crippen molar-refractivity contribution in [3.8, 4) is 0 Å². The Morgan fingerprint density at radius 2 is 1.64 bits per heavy atom. The van der Waals surface area contributed by atoms with Crippen molar-refractivity contribution in [3.05, 3.63) is 65.1 Å². The lowest BCUT2D eigenvalue weighted by Gasteiger charge is -2.26. The van der Waals surface area contributed by atoms with Crippen molar-refractivity contribution < 1.29 is 19.1 Å². The summed E-state index contributed by atoms with van der Waals surface area (Å²) >= 11 is 0. The molecule has 0 radical (unpaired) electrons. The summed E-state index contributed by atoms with van der Waals surface area (Å²) in [5, 5.41) is 11.0. The Morgan fingerprint density at radius 3 is 2.21 bits per heavy atom. The van der Waals surface area contributed by atoms with Gasteiger partial charge in [-0.05, 0) is 58.0 Å². The van der Waals surface area contributed by atoms with Gasteiger partial charge in [-0.2, -0.15) is 0 Å². The number of aliphatic hydroxyl groups is 1. The van der Waals surface area contributed by atoms with E-state index in [0.29, 0.717) is 17.9 Å². The van der Waals surface area contributed by atoms with Crippen LogP contribution in [0.5, 0.6) is 0 Å². The van der Waals surface area contributed by atoms with Crippen LogP contribution in [0.3, 0.4) is 0 Å². The average molecular weight is 453 g/mol. The second-order valence-corrected chi connectivity index (χ2v) is 8.78. The summed E-state index contributed by atoms with van der Waals surface area (Å²) in [5.41, 5.74) is 1.65. The molecular weight excluding hydrogens is 416 g/mol. The molecule has 1 aliphatic heterocycles. The zero-order chi connectivity index (χ0) is 23.8. The van der Waals surface area contributed by atoms with Gasteiger partial charge < -0.3 is 19.3 Å². The lowest BCUT2D eigenvalue weighted by Crippen LogP contribution is -2.34. The van der Waals surface area contributed by atoms with Crippen LogP contribution in [0.4, 0.5) is 0 Å². The molecule has 0 aliphatic carbocycles. The van der Waals surface area contributed by atoms with Crippen molar-refractivity contribution in [3.63, 3.8) is 0 Å². The minimum absolute atomic E-state index is 0.0904. The van der Waals surface area contributed by atoms with E-state index in [-0.39, 0.29) is 11.3 Å². The van der Waals surface area contributed by atoms with Crippen LogP contribution in [0.25, 0.3) is 5.76 Å². The number of hydrogen-bond donors (Lipinski definition) is 1. The Labute approximate surface area is 196 Å². The predicted octanol–water partition coefficient (Wildman–Crippen LogP) is 5.30. The number of hydrogen-bond acceptors (Lipinski definition) is 5. The summed E-state index contributed by atoms with van der Waals surface area (Å²) in [5.74, 6) is -0.927. The van der Waals surface area contributed by atoms with Crippen LogP contribution in [0.2, 0.25) is 0 Å². The molecule has 1 unspecified atom stereocenters. The monoisotopic (exact) mass is 452 g/mol. The molecule has 2 aromatic rings. The van der Waals surface area contributed by atoms with Crippen LogP contribution < -0.4 is 0 Å². The second kappa shape index (κ2) is 11.8. The van der Waals surface area contributed by atoms with E-state index in [0.717, 1.165) is 57.3 Å². The topological polar surface area (TPSA) is 74.0 Å². The Kier molecular flexibility index (Phi) is 8.89. The first-order valence-corrected chi connectivity index (χ1v) is 12.1. The number of carbonyl (C=O) groups is 2. The summed E-state index contributed by atoms with van der Waals surface area (Å²) in [6.45, 7) is 9.72. The number of benzene rings is 1. The quantitative estimate of drug-likeness (QED) is 0.269. The number of aliphatic hydroxyl groups excluding tert-OH is 1. The van der Waals surface area contributed by atoms with Crippen LogP contribution in [0.1, 0.15) is 68.9 Å². The summed E-state index contributed by atoms with van der Waals surface area (Å²) in [4.78, 5) is 30.0. The molecule has 0 spiro atoms. The van der Waals surface area contributed by atoms with Crippen molar-refractivity contribution in [2.75, 3.05) is 26.2 Å². The first kappa shape index (κ1) is 24.8. The first-order chi connectivity index (χ1) is 16.0. The summed E-state index contributed by atoms with van der Waals surface area (Å²) < 4.78 is 5.61. The van der Waals surface area contributed by atoms with Gasteiger partial charge in [0.2, 0.25) is 0 Å². The Morgan fingerprint density at radius 1 is 1.00 bits per heavy atom. The third kappa shape index (κ3) is 5.93. The number of nitrogens with zero attached hydrogens (tertiary/aromatic N) is 2. The van der Waals surface area contributed by atoms with Crippen LogP contribution in [0.15, 0.2) is 52.7 Å². The van der Waals surface area contributed by atoms with Gasteiger partial charge in [0.05, 0.1) is 11.8 Å². The highest BCUT2D eigenvalue weighted by atomic mass is 16.3. The lowest BCUT2D eigenvalue weighted by atomic mass is 9.99. The molecule has 0 bridgehead atoms. The number of ketones is 1. The standard InChI is InChI=1S/C27H36N2O4/c1-4-6-15-28(16-7-5-2)17-9-18-29-24(22-10-8-19-33-22)23(26(31)27(29)32)25(30)21-13-11-20(3)12-14-21/h8,10-14,19,24,30H,4-7,9,15-18H2,1-3H3/b25-23+. The third-order valence-electron chi connectivity index (χ3n) is 6.21. The molecule has 6 heteroatoms. The van der Waals surface area contributed by atoms with Crippen LogP contribution in [-0.4, -0.2) is 52.8 Å². The van der Waals surface area contributed by atoms with E-state index in [1.54, 1.807) is 29.2 Å². The maximum Gasteiger partial charge on any atom is 0.295 e. The molecule has 1 aliphatic rings. The van der Waals surface area contributed by atoms with Crippen molar-refractivity contribution in [1.82, 2.24) is 9.80 Å². The minimum Gasteiger partial charge on any atom is -0.507 e. The van der Waals surface area contributed by atoms with E-state index in [2.05, 4.69) is 18.7 Å². The van der Waals surface area contributed by atoms with Crippen molar-refractivity contribution in [2.24, 2.45) is 0 Å². The number of carbonyl (C=O) groups excluding carboxylic acids is 2. The molecule has 2 heterocycles. The van der Waals surface area contributed by atoms with E-state index in [4.69, 9.17) is 4.42 Å². The molecule has 1 N–H and O–H groups in total. The van der Waals surface area contributed by atoms with E-state index in [1.165, 1.54) is 6.26 Å². The van der Waals surface area contributed by atoms with E-state index < -0.39 is 17.7 Å². The highest BCUT2D eigenvalue weighted by Crippen LogP contribution is 2.39. The molecule has 6 nitrogen and oxygen atoms in total. The molecule has 0 saturated carbocycles. The first-order valence-electron chi connectivity index (χ1n) is 12.1. The van der Waals surface area contributed by atoms with Gasteiger partial charge in [-0.15, -0.1) is 0 Å². The van der Waals surface area contributed by atoms with Crippen molar-refractivity contribution >= 4 is 17.4 Å².